The first-order chi connectivity index (χ1) is 5.99. The van der Waals surface area contributed by atoms with Crippen molar-refractivity contribution in [1.82, 2.24) is 0 Å². The third-order valence-corrected chi connectivity index (χ3v) is 4.47. The summed E-state index contributed by atoms with van der Waals surface area (Å²) in [6.07, 6.45) is 5.00. The zero-order chi connectivity index (χ0) is 9.74. The molecule has 2 heteroatoms. The van der Waals surface area contributed by atoms with Gasteiger partial charge >= 0.3 is 0 Å². The smallest absolute Gasteiger partial charge is 0.0505 e. The van der Waals surface area contributed by atoms with Crippen LogP contribution in [0.2, 0.25) is 0 Å². The van der Waals surface area contributed by atoms with Gasteiger partial charge in [-0.1, -0.05) is 13.8 Å². The van der Waals surface area contributed by atoms with Crippen LogP contribution in [-0.4, -0.2) is 18.3 Å². The van der Waals surface area contributed by atoms with Gasteiger partial charge in [-0.25, -0.2) is 0 Å². The Balaban J connectivity index is 2.12. The average Bonchev–Trinajstić information content (AvgIpc) is 2.59. The third kappa shape index (κ3) is 1.15. The quantitative estimate of drug-likeness (QED) is 0.682. The molecule has 0 radical (unpaired) electrons. The molecule has 0 saturated heterocycles. The summed E-state index contributed by atoms with van der Waals surface area (Å²) in [4.78, 5) is 0. The first-order valence-electron chi connectivity index (χ1n) is 5.30. The normalized spacial score (nSPS) is 47.1. The Labute approximate surface area is 80.5 Å². The van der Waals surface area contributed by atoms with Gasteiger partial charge in [0.2, 0.25) is 0 Å². The molecule has 0 aromatic heterocycles. The molecular formula is C11H21NO. The number of hydrogen-bond donors (Lipinski definition) is 2. The molecule has 2 saturated carbocycles. The predicted octanol–water partition coefficient (Wildman–Crippen LogP) is 1.52. The fourth-order valence-corrected chi connectivity index (χ4v) is 3.45. The second-order valence-electron chi connectivity index (χ2n) is 5.94. The highest BCUT2D eigenvalue weighted by Gasteiger charge is 2.68. The lowest BCUT2D eigenvalue weighted by Gasteiger charge is -2.21. The minimum absolute atomic E-state index is 0.0980. The van der Waals surface area contributed by atoms with Gasteiger partial charge in [0.1, 0.15) is 0 Å². The Kier molecular flexibility index (Phi) is 1.81. The van der Waals surface area contributed by atoms with Crippen LogP contribution in [0.3, 0.4) is 0 Å². The van der Waals surface area contributed by atoms with Crippen molar-refractivity contribution in [3.63, 3.8) is 0 Å². The van der Waals surface area contributed by atoms with Gasteiger partial charge in [-0.3, -0.25) is 0 Å². The van der Waals surface area contributed by atoms with E-state index in [1.807, 2.05) is 0 Å². The van der Waals surface area contributed by atoms with Crippen LogP contribution in [0, 0.1) is 16.2 Å². The molecule has 2 nitrogen and oxygen atoms in total. The van der Waals surface area contributed by atoms with Crippen molar-refractivity contribution >= 4 is 0 Å². The van der Waals surface area contributed by atoms with Crippen LogP contribution in [-0.2, 0) is 0 Å². The lowest BCUT2D eigenvalue weighted by atomic mass is 9.86. The van der Waals surface area contributed by atoms with Crippen LogP contribution >= 0.6 is 0 Å². The van der Waals surface area contributed by atoms with Gasteiger partial charge < -0.3 is 10.8 Å². The number of rotatable bonds is 2. The van der Waals surface area contributed by atoms with Crippen molar-refractivity contribution < 1.29 is 5.11 Å². The van der Waals surface area contributed by atoms with Crippen molar-refractivity contribution in [2.45, 2.75) is 39.5 Å². The SMILES string of the molecule is CC1(C)CCC2(C1)CC2(CN)CO. The molecule has 13 heavy (non-hydrogen) atoms. The Hall–Kier alpha value is -0.0800. The van der Waals surface area contributed by atoms with Crippen molar-refractivity contribution in [2.24, 2.45) is 22.0 Å². The van der Waals surface area contributed by atoms with Gasteiger partial charge in [0.05, 0.1) is 6.61 Å². The van der Waals surface area contributed by atoms with Crippen LogP contribution in [0.4, 0.5) is 0 Å². The fraction of sp³-hybridized carbons (Fsp3) is 1.00. The Morgan fingerprint density at radius 3 is 2.23 bits per heavy atom. The van der Waals surface area contributed by atoms with Crippen LogP contribution in [0.15, 0.2) is 0 Å². The molecule has 2 aliphatic carbocycles. The molecule has 0 bridgehead atoms. The van der Waals surface area contributed by atoms with Crippen molar-refractivity contribution in [3.8, 4) is 0 Å². The van der Waals surface area contributed by atoms with Crippen LogP contribution in [0.25, 0.3) is 0 Å². The summed E-state index contributed by atoms with van der Waals surface area (Å²) in [5, 5.41) is 9.37. The van der Waals surface area contributed by atoms with E-state index in [4.69, 9.17) is 5.73 Å². The third-order valence-electron chi connectivity index (χ3n) is 4.47. The van der Waals surface area contributed by atoms with E-state index in [1.54, 1.807) is 0 Å². The molecule has 2 unspecified atom stereocenters. The van der Waals surface area contributed by atoms with E-state index >= 15 is 0 Å². The van der Waals surface area contributed by atoms with E-state index in [2.05, 4.69) is 13.8 Å². The number of aliphatic hydroxyl groups excluding tert-OH is 1. The lowest BCUT2D eigenvalue weighted by Crippen LogP contribution is -2.26. The summed E-state index contributed by atoms with van der Waals surface area (Å²) >= 11 is 0. The lowest BCUT2D eigenvalue weighted by molar-refractivity contribution is 0.170. The van der Waals surface area contributed by atoms with Crippen LogP contribution < -0.4 is 5.73 Å². The van der Waals surface area contributed by atoms with Crippen molar-refractivity contribution in [1.29, 1.82) is 0 Å². The summed E-state index contributed by atoms with van der Waals surface area (Å²) < 4.78 is 0. The molecule has 3 N–H and O–H groups in total. The summed E-state index contributed by atoms with van der Waals surface area (Å²) in [5.41, 5.74) is 6.76. The Morgan fingerprint density at radius 2 is 1.92 bits per heavy atom. The minimum atomic E-state index is 0.0980. The zero-order valence-electron chi connectivity index (χ0n) is 8.77. The topological polar surface area (TPSA) is 46.2 Å². The molecule has 2 atom stereocenters. The van der Waals surface area contributed by atoms with E-state index in [9.17, 15) is 5.11 Å². The minimum Gasteiger partial charge on any atom is -0.396 e. The van der Waals surface area contributed by atoms with Crippen molar-refractivity contribution in [2.75, 3.05) is 13.2 Å². The first kappa shape index (κ1) is 9.47. The Bertz CT molecular complexity index is 216. The monoisotopic (exact) mass is 183 g/mol. The molecular weight excluding hydrogens is 162 g/mol. The molecule has 0 aliphatic heterocycles. The summed E-state index contributed by atoms with van der Waals surface area (Å²) in [6, 6.07) is 0. The maximum atomic E-state index is 9.37. The maximum absolute atomic E-state index is 9.37. The van der Waals surface area contributed by atoms with Crippen LogP contribution in [0.5, 0.6) is 0 Å². The van der Waals surface area contributed by atoms with Gasteiger partial charge in [-0.2, -0.15) is 0 Å². The summed E-state index contributed by atoms with van der Waals surface area (Å²) in [7, 11) is 0. The second kappa shape index (κ2) is 2.48. The standard InChI is InChI=1S/C11H21NO/c1-9(2)3-4-10(5-9)6-11(10,7-12)8-13/h13H,3-8,12H2,1-2H3. The van der Waals surface area contributed by atoms with E-state index < -0.39 is 0 Å². The highest BCUT2D eigenvalue weighted by Crippen LogP contribution is 2.73. The van der Waals surface area contributed by atoms with Gasteiger partial charge in [0, 0.05) is 12.0 Å². The number of aliphatic hydroxyl groups is 1. The maximum Gasteiger partial charge on any atom is 0.0505 e. The molecule has 2 aliphatic rings. The van der Waals surface area contributed by atoms with Gasteiger partial charge in [-0.05, 0) is 36.5 Å². The Morgan fingerprint density at radius 1 is 1.23 bits per heavy atom. The van der Waals surface area contributed by atoms with E-state index in [0.29, 0.717) is 24.0 Å². The second-order valence-corrected chi connectivity index (χ2v) is 5.94. The fourth-order valence-electron chi connectivity index (χ4n) is 3.45. The summed E-state index contributed by atoms with van der Waals surface area (Å²) in [5.74, 6) is 0. The zero-order valence-corrected chi connectivity index (χ0v) is 8.77. The average molecular weight is 183 g/mol. The summed E-state index contributed by atoms with van der Waals surface area (Å²) in [6.45, 7) is 5.62. The van der Waals surface area contributed by atoms with E-state index in [1.165, 1.54) is 19.3 Å². The number of hydrogen-bond acceptors (Lipinski definition) is 2. The highest BCUT2D eigenvalue weighted by molar-refractivity contribution is 5.18. The molecule has 2 rings (SSSR count). The molecule has 2 fully saturated rings. The van der Waals surface area contributed by atoms with Crippen molar-refractivity contribution in [3.05, 3.63) is 0 Å². The molecule has 0 amide bonds. The largest absolute Gasteiger partial charge is 0.396 e. The molecule has 1 spiro atoms. The molecule has 0 aromatic carbocycles. The first-order valence-corrected chi connectivity index (χ1v) is 5.30. The van der Waals surface area contributed by atoms with Crippen LogP contribution in [0.1, 0.15) is 39.5 Å². The predicted molar refractivity (Wildman–Crippen MR) is 53.3 cm³/mol. The molecule has 76 valence electrons. The number of nitrogens with two attached hydrogens (primary N) is 1. The van der Waals surface area contributed by atoms with E-state index in [-0.39, 0.29) is 5.41 Å². The van der Waals surface area contributed by atoms with E-state index in [0.717, 1.165) is 6.42 Å². The highest BCUT2D eigenvalue weighted by atomic mass is 16.3. The molecule has 0 heterocycles. The van der Waals surface area contributed by atoms with Gasteiger partial charge in [0.15, 0.2) is 0 Å². The van der Waals surface area contributed by atoms with Gasteiger partial charge in [0.25, 0.3) is 0 Å². The van der Waals surface area contributed by atoms with Gasteiger partial charge in [-0.15, -0.1) is 0 Å². The molecule has 0 aromatic rings.